The quantitative estimate of drug-likeness (QED) is 0.765. The number of Topliss-reactive ketones (excluding diaryl/α,β-unsaturated/α-hetero) is 1. The third kappa shape index (κ3) is 4.30. The molecule has 0 spiro atoms. The Balaban J connectivity index is 2.00. The van der Waals surface area contributed by atoms with Crippen LogP contribution in [-0.2, 0) is 4.79 Å². The molecule has 0 aromatic carbocycles. The predicted octanol–water partition coefficient (Wildman–Crippen LogP) is 4.39. The molecule has 2 heterocycles. The number of carbonyl (C=O) groups is 1. The average Bonchev–Trinajstić information content (AvgIpc) is 2.59. The minimum atomic E-state index is 0.149. The molecule has 3 heteroatoms. The lowest BCUT2D eigenvalue weighted by Crippen LogP contribution is -2.29. The lowest BCUT2D eigenvalue weighted by Gasteiger charge is -2.35. The van der Waals surface area contributed by atoms with Gasteiger partial charge in [0.2, 0.25) is 0 Å². The minimum absolute atomic E-state index is 0.149. The predicted molar refractivity (Wildman–Crippen MR) is 100 cm³/mol. The zero-order valence-corrected chi connectivity index (χ0v) is 15.1. The molecule has 1 fully saturated rings. The molecular formula is C22H25N2O+. The van der Waals surface area contributed by atoms with Gasteiger partial charge in [0.05, 0.1) is 0 Å². The number of nitrogens with zero attached hydrogens (tertiary/aromatic N) is 1. The zero-order valence-electron chi connectivity index (χ0n) is 15.1. The number of carbonyl (C=O) groups excluding carboxylic acids is 1. The molecule has 0 amide bonds. The molecular weight excluding hydrogens is 308 g/mol. The Morgan fingerprint density at radius 1 is 1.08 bits per heavy atom. The lowest BCUT2D eigenvalue weighted by molar-refractivity contribution is -0.378. The second kappa shape index (κ2) is 7.14. The fourth-order valence-corrected chi connectivity index (χ4v) is 3.22. The number of ketones is 1. The summed E-state index contributed by atoms with van der Waals surface area (Å²) in [7, 11) is 0. The van der Waals surface area contributed by atoms with Crippen molar-refractivity contribution in [3.63, 3.8) is 0 Å². The molecule has 128 valence electrons. The normalized spacial score (nSPS) is 21.7. The van der Waals surface area contributed by atoms with E-state index in [1.807, 2.05) is 48.8 Å². The van der Waals surface area contributed by atoms with E-state index < -0.39 is 0 Å². The number of aromatic nitrogens is 2. The highest BCUT2D eigenvalue weighted by Crippen LogP contribution is 2.41. The van der Waals surface area contributed by atoms with Gasteiger partial charge in [0.1, 0.15) is 0 Å². The first-order valence-corrected chi connectivity index (χ1v) is 8.75. The topological polar surface area (TPSA) is 44.1 Å². The highest BCUT2D eigenvalue weighted by atomic mass is 16.1. The number of aromatic amines is 1. The number of pyridine rings is 2. The summed E-state index contributed by atoms with van der Waals surface area (Å²) in [6, 6.07) is 7.86. The molecule has 1 unspecified atom stereocenters. The van der Waals surface area contributed by atoms with Crippen molar-refractivity contribution in [2.24, 2.45) is 11.3 Å². The maximum atomic E-state index is 13.0. The van der Waals surface area contributed by atoms with E-state index in [-0.39, 0.29) is 11.2 Å². The molecule has 1 aliphatic rings. The summed E-state index contributed by atoms with van der Waals surface area (Å²) in [5.41, 5.74) is 3.93. The maximum absolute atomic E-state index is 13.0. The maximum Gasteiger partial charge on any atom is 0.185 e. The standard InChI is InChI=1S/C22H24N2O/c1-22(2,3)20-12-18(10-16-6-4-8-23-14-16)21(25)19(13-20)11-17-7-5-9-24-15-17/h4-11,14-15,20H,12-13H2,1-3H3/p+1. The van der Waals surface area contributed by atoms with E-state index in [1.54, 1.807) is 12.4 Å². The third-order valence-electron chi connectivity index (χ3n) is 4.84. The average molecular weight is 333 g/mol. The van der Waals surface area contributed by atoms with Gasteiger partial charge in [-0.25, -0.2) is 4.98 Å². The number of H-pyrrole nitrogens is 1. The second-order valence-electron chi connectivity index (χ2n) is 7.76. The van der Waals surface area contributed by atoms with Gasteiger partial charge in [0.15, 0.2) is 18.2 Å². The van der Waals surface area contributed by atoms with Crippen LogP contribution in [-0.4, -0.2) is 10.8 Å². The van der Waals surface area contributed by atoms with E-state index in [0.717, 1.165) is 35.1 Å². The van der Waals surface area contributed by atoms with Crippen LogP contribution in [0.4, 0.5) is 0 Å². The van der Waals surface area contributed by atoms with Crippen LogP contribution in [0.15, 0.2) is 60.2 Å². The SMILES string of the molecule is CC(C)(C)C1CC(=Cc2cccnc2)C(=O)C(=Cc2ccc[nH+]c2)C1. The van der Waals surface area contributed by atoms with Crippen LogP contribution in [0.1, 0.15) is 44.7 Å². The number of rotatable bonds is 2. The second-order valence-corrected chi connectivity index (χ2v) is 7.76. The number of nitrogens with one attached hydrogen (secondary N) is 1. The van der Waals surface area contributed by atoms with E-state index in [1.165, 1.54) is 0 Å². The van der Waals surface area contributed by atoms with E-state index >= 15 is 0 Å². The highest BCUT2D eigenvalue weighted by Gasteiger charge is 2.34. The monoisotopic (exact) mass is 333 g/mol. The molecule has 2 aromatic heterocycles. The molecule has 0 saturated heterocycles. The van der Waals surface area contributed by atoms with Gasteiger partial charge in [-0.15, -0.1) is 0 Å². The van der Waals surface area contributed by atoms with Crippen molar-refractivity contribution in [2.45, 2.75) is 33.6 Å². The molecule has 1 N–H and O–H groups in total. The fourth-order valence-electron chi connectivity index (χ4n) is 3.22. The molecule has 1 saturated carbocycles. The van der Waals surface area contributed by atoms with E-state index in [4.69, 9.17) is 0 Å². The van der Waals surface area contributed by atoms with Crippen molar-refractivity contribution in [1.29, 1.82) is 0 Å². The van der Waals surface area contributed by atoms with Gasteiger partial charge < -0.3 is 0 Å². The fraction of sp³-hybridized carbons (Fsp3) is 0.318. The van der Waals surface area contributed by atoms with Gasteiger partial charge >= 0.3 is 0 Å². The summed E-state index contributed by atoms with van der Waals surface area (Å²) in [6.45, 7) is 6.76. The van der Waals surface area contributed by atoms with E-state index in [2.05, 4.69) is 30.7 Å². The molecule has 3 nitrogen and oxygen atoms in total. The van der Waals surface area contributed by atoms with Crippen molar-refractivity contribution < 1.29 is 9.78 Å². The molecule has 0 bridgehead atoms. The van der Waals surface area contributed by atoms with Gasteiger partial charge in [-0.1, -0.05) is 26.8 Å². The summed E-state index contributed by atoms with van der Waals surface area (Å²) in [5, 5.41) is 0. The van der Waals surface area contributed by atoms with Gasteiger partial charge in [-0.3, -0.25) is 9.78 Å². The van der Waals surface area contributed by atoms with Crippen LogP contribution in [0, 0.1) is 11.3 Å². The van der Waals surface area contributed by atoms with E-state index in [0.29, 0.717) is 5.92 Å². The molecule has 1 atom stereocenters. The summed E-state index contributed by atoms with van der Waals surface area (Å²) < 4.78 is 0. The number of hydrogen-bond donors (Lipinski definition) is 0. The van der Waals surface area contributed by atoms with Crippen molar-refractivity contribution in [3.8, 4) is 0 Å². The first-order valence-electron chi connectivity index (χ1n) is 8.75. The highest BCUT2D eigenvalue weighted by molar-refractivity contribution is 6.14. The summed E-state index contributed by atoms with van der Waals surface area (Å²) >= 11 is 0. The third-order valence-corrected chi connectivity index (χ3v) is 4.84. The molecule has 0 radical (unpaired) electrons. The molecule has 25 heavy (non-hydrogen) atoms. The molecule has 3 rings (SSSR count). The first-order chi connectivity index (χ1) is 11.9. The molecule has 2 aromatic rings. The van der Waals surface area contributed by atoms with Gasteiger partial charge in [-0.2, -0.15) is 0 Å². The summed E-state index contributed by atoms with van der Waals surface area (Å²) in [4.78, 5) is 20.3. The summed E-state index contributed by atoms with van der Waals surface area (Å²) in [6.07, 6.45) is 13.0. The lowest BCUT2D eigenvalue weighted by atomic mass is 9.68. The van der Waals surface area contributed by atoms with Gasteiger partial charge in [0, 0.05) is 35.2 Å². The van der Waals surface area contributed by atoms with Crippen molar-refractivity contribution >= 4 is 17.9 Å². The van der Waals surface area contributed by atoms with Gasteiger partial charge in [0.25, 0.3) is 0 Å². The Bertz CT molecular complexity index is 737. The van der Waals surface area contributed by atoms with Crippen molar-refractivity contribution in [3.05, 3.63) is 71.3 Å². The van der Waals surface area contributed by atoms with Gasteiger partial charge in [-0.05, 0) is 54.0 Å². The number of allylic oxidation sites excluding steroid dienone is 2. The smallest absolute Gasteiger partial charge is 0.185 e. The molecule has 0 aliphatic heterocycles. The Hall–Kier alpha value is -2.55. The van der Waals surface area contributed by atoms with Crippen LogP contribution in [0.2, 0.25) is 0 Å². The van der Waals surface area contributed by atoms with Crippen LogP contribution >= 0.6 is 0 Å². The Morgan fingerprint density at radius 3 is 2.32 bits per heavy atom. The Kier molecular flexibility index (Phi) is 4.93. The Labute approximate surface area is 149 Å². The number of hydrogen-bond acceptors (Lipinski definition) is 2. The van der Waals surface area contributed by atoms with Crippen molar-refractivity contribution in [1.82, 2.24) is 4.98 Å². The minimum Gasteiger partial charge on any atom is -0.289 e. The van der Waals surface area contributed by atoms with Crippen LogP contribution in [0.25, 0.3) is 12.2 Å². The van der Waals surface area contributed by atoms with E-state index in [9.17, 15) is 4.79 Å². The van der Waals surface area contributed by atoms with Crippen molar-refractivity contribution in [2.75, 3.05) is 0 Å². The molecule has 1 aliphatic carbocycles. The largest absolute Gasteiger partial charge is 0.289 e. The zero-order chi connectivity index (χ0) is 17.9. The summed E-state index contributed by atoms with van der Waals surface area (Å²) in [5.74, 6) is 0.597. The first kappa shape index (κ1) is 17.3. The van der Waals surface area contributed by atoms with Crippen LogP contribution in [0.3, 0.4) is 0 Å². The van der Waals surface area contributed by atoms with Crippen LogP contribution < -0.4 is 4.98 Å². The van der Waals surface area contributed by atoms with Crippen LogP contribution in [0.5, 0.6) is 0 Å². The Morgan fingerprint density at radius 2 is 1.76 bits per heavy atom.